The van der Waals surface area contributed by atoms with Gasteiger partial charge in [0.25, 0.3) is 0 Å². The fraction of sp³-hybridized carbons (Fsp3) is 0.375. The molecule has 1 atom stereocenters. The zero-order valence-corrected chi connectivity index (χ0v) is 18.6. The van der Waals surface area contributed by atoms with Gasteiger partial charge in [-0.05, 0) is 60.8 Å². The van der Waals surface area contributed by atoms with Crippen LogP contribution in [0.15, 0.2) is 53.4 Å². The second-order valence-electron chi connectivity index (χ2n) is 8.46. The highest BCUT2D eigenvalue weighted by molar-refractivity contribution is 7.90. The van der Waals surface area contributed by atoms with Crippen molar-refractivity contribution in [1.29, 1.82) is 0 Å². The van der Waals surface area contributed by atoms with Crippen molar-refractivity contribution >= 4 is 26.8 Å². The molecule has 1 unspecified atom stereocenters. The largest absolute Gasteiger partial charge is 0.309 e. The molecule has 1 aliphatic carbocycles. The Balaban J connectivity index is 2.12. The Morgan fingerprint density at radius 1 is 1.03 bits per heavy atom. The van der Waals surface area contributed by atoms with E-state index >= 15 is 0 Å². The third kappa shape index (κ3) is 4.68. The molecule has 2 aromatic rings. The summed E-state index contributed by atoms with van der Waals surface area (Å²) in [5.74, 6) is 0.455. The van der Waals surface area contributed by atoms with Gasteiger partial charge in [0.15, 0.2) is 15.6 Å². The number of carbonyl (C=O) groups excluding carboxylic acids is 1. The molecule has 0 aromatic heterocycles. The van der Waals surface area contributed by atoms with E-state index in [9.17, 15) is 13.2 Å². The van der Waals surface area contributed by atoms with Crippen LogP contribution < -0.4 is 0 Å². The fourth-order valence-corrected chi connectivity index (χ4v) is 4.55. The van der Waals surface area contributed by atoms with E-state index in [1.807, 2.05) is 43.3 Å². The van der Waals surface area contributed by atoms with Crippen LogP contribution in [-0.2, 0) is 14.6 Å². The predicted octanol–water partition coefficient (Wildman–Crippen LogP) is 4.27. The number of nitrogens with zero attached hydrogens (tertiary/aromatic N) is 1. The van der Waals surface area contributed by atoms with Gasteiger partial charge in [-0.3, -0.25) is 4.79 Å². The molecule has 4 nitrogen and oxygen atoms in total. The van der Waals surface area contributed by atoms with Crippen LogP contribution in [0.3, 0.4) is 0 Å². The predicted molar refractivity (Wildman–Crippen MR) is 119 cm³/mol. The molecule has 0 N–H and O–H groups in total. The van der Waals surface area contributed by atoms with Crippen LogP contribution in [0.2, 0.25) is 0 Å². The van der Waals surface area contributed by atoms with E-state index in [-0.39, 0.29) is 11.7 Å². The first kappa shape index (κ1) is 21.5. The summed E-state index contributed by atoms with van der Waals surface area (Å²) in [4.78, 5) is 15.7. The molecule has 29 heavy (non-hydrogen) atoms. The van der Waals surface area contributed by atoms with Crippen molar-refractivity contribution in [3.63, 3.8) is 0 Å². The lowest BCUT2D eigenvalue weighted by atomic mass is 9.93. The van der Waals surface area contributed by atoms with E-state index < -0.39 is 9.84 Å². The third-order valence-electron chi connectivity index (χ3n) is 5.43. The van der Waals surface area contributed by atoms with Gasteiger partial charge in [-0.1, -0.05) is 50.2 Å². The van der Waals surface area contributed by atoms with Gasteiger partial charge in [-0.25, -0.2) is 8.42 Å². The Hall–Kier alpha value is -2.24. The number of hydrogen-bond donors (Lipinski definition) is 0. The van der Waals surface area contributed by atoms with Crippen molar-refractivity contribution in [2.75, 3.05) is 26.9 Å². The molecule has 0 aliphatic heterocycles. The molecular weight excluding hydrogens is 382 g/mol. The van der Waals surface area contributed by atoms with Crippen molar-refractivity contribution in [2.24, 2.45) is 5.92 Å². The second-order valence-corrected chi connectivity index (χ2v) is 10.5. The summed E-state index contributed by atoms with van der Waals surface area (Å²) in [5.41, 5.74) is 4.83. The summed E-state index contributed by atoms with van der Waals surface area (Å²) in [6, 6.07) is 15.1. The van der Waals surface area contributed by atoms with Gasteiger partial charge in [-0.2, -0.15) is 0 Å². The highest BCUT2D eigenvalue weighted by Crippen LogP contribution is 2.41. The van der Waals surface area contributed by atoms with Gasteiger partial charge in [-0.15, -0.1) is 0 Å². The summed E-state index contributed by atoms with van der Waals surface area (Å²) in [5, 5.41) is 0. The third-order valence-corrected chi connectivity index (χ3v) is 6.56. The van der Waals surface area contributed by atoms with Gasteiger partial charge < -0.3 is 4.90 Å². The fourth-order valence-electron chi connectivity index (χ4n) is 3.92. The van der Waals surface area contributed by atoms with E-state index in [1.54, 1.807) is 12.1 Å². The Bertz CT molecular complexity index is 1050. The topological polar surface area (TPSA) is 54.5 Å². The van der Waals surface area contributed by atoms with Crippen molar-refractivity contribution < 1.29 is 13.2 Å². The van der Waals surface area contributed by atoms with Crippen molar-refractivity contribution in [2.45, 2.75) is 31.1 Å². The Kier molecular flexibility index (Phi) is 6.11. The minimum atomic E-state index is -3.25. The molecular formula is C24H29NO3S. The lowest BCUT2D eigenvalue weighted by Crippen LogP contribution is -2.25. The van der Waals surface area contributed by atoms with E-state index in [0.29, 0.717) is 23.8 Å². The minimum absolute atomic E-state index is 0.0905. The molecule has 0 saturated heterocycles. The number of hydrogen-bond acceptors (Lipinski definition) is 4. The monoisotopic (exact) mass is 411 g/mol. The second kappa shape index (κ2) is 8.25. The van der Waals surface area contributed by atoms with E-state index in [1.165, 1.54) is 11.8 Å². The number of sulfone groups is 1. The number of carbonyl (C=O) groups is 1. The van der Waals surface area contributed by atoms with E-state index in [4.69, 9.17) is 0 Å². The van der Waals surface area contributed by atoms with Crippen LogP contribution in [0.25, 0.3) is 11.1 Å². The highest BCUT2D eigenvalue weighted by Gasteiger charge is 2.34. The maximum absolute atomic E-state index is 13.4. The van der Waals surface area contributed by atoms with Crippen LogP contribution in [-0.4, -0.2) is 46.0 Å². The van der Waals surface area contributed by atoms with Crippen LogP contribution in [0.4, 0.5) is 0 Å². The molecule has 5 heteroatoms. The van der Waals surface area contributed by atoms with Gasteiger partial charge in [0.05, 0.1) is 4.90 Å². The van der Waals surface area contributed by atoms with E-state index in [0.717, 1.165) is 22.3 Å². The van der Waals surface area contributed by atoms with E-state index in [2.05, 4.69) is 26.0 Å². The lowest BCUT2D eigenvalue weighted by Gasteiger charge is -2.15. The van der Waals surface area contributed by atoms with Crippen LogP contribution in [0, 0.1) is 5.92 Å². The molecule has 0 fully saturated rings. The molecule has 0 amide bonds. The summed E-state index contributed by atoms with van der Waals surface area (Å²) in [6.45, 7) is 4.98. The number of ketones is 1. The van der Waals surface area contributed by atoms with Gasteiger partial charge in [0, 0.05) is 24.3 Å². The highest BCUT2D eigenvalue weighted by atomic mass is 32.2. The first-order valence-electron chi connectivity index (χ1n) is 9.91. The Labute approximate surface area is 174 Å². The molecule has 0 spiro atoms. The quantitative estimate of drug-likeness (QED) is 0.712. The number of benzene rings is 2. The zero-order chi connectivity index (χ0) is 21.3. The molecule has 0 bridgehead atoms. The average Bonchev–Trinajstić information content (AvgIpc) is 2.97. The maximum atomic E-state index is 13.4. The molecule has 3 rings (SSSR count). The molecule has 154 valence electrons. The lowest BCUT2D eigenvalue weighted by molar-refractivity contribution is -0.117. The molecule has 0 heterocycles. The van der Waals surface area contributed by atoms with Crippen LogP contribution in [0.1, 0.15) is 42.9 Å². The van der Waals surface area contributed by atoms with Gasteiger partial charge >= 0.3 is 0 Å². The molecule has 1 aliphatic rings. The minimum Gasteiger partial charge on any atom is -0.309 e. The normalized spacial score (nSPS) is 17.6. The maximum Gasteiger partial charge on any atom is 0.175 e. The Morgan fingerprint density at radius 2 is 1.69 bits per heavy atom. The first-order chi connectivity index (χ1) is 13.6. The summed E-state index contributed by atoms with van der Waals surface area (Å²) >= 11 is 0. The molecule has 0 saturated carbocycles. The van der Waals surface area contributed by atoms with Gasteiger partial charge in [0.1, 0.15) is 0 Å². The SMILES string of the molecule is CC(C)c1cccc(C2=C(c3ccc(S(C)(=O)=O)cc3)CC(CN(C)C)C2=O)c1. The molecule has 2 aromatic carbocycles. The number of allylic oxidation sites excluding steroid dienone is 2. The standard InChI is InChI=1S/C24H29NO3S/c1-16(2)18-7-6-8-19(13-18)23-22(14-20(24(23)26)15-25(3)4)17-9-11-21(12-10-17)29(5,27)28/h6-13,16,20H,14-15H2,1-5H3. The summed E-state index contributed by atoms with van der Waals surface area (Å²) in [6.07, 6.45) is 1.87. The summed E-state index contributed by atoms with van der Waals surface area (Å²) < 4.78 is 23.6. The van der Waals surface area contributed by atoms with Gasteiger partial charge in [0.2, 0.25) is 0 Å². The van der Waals surface area contributed by atoms with Crippen LogP contribution >= 0.6 is 0 Å². The number of rotatable bonds is 6. The molecule has 0 radical (unpaired) electrons. The zero-order valence-electron chi connectivity index (χ0n) is 17.8. The smallest absolute Gasteiger partial charge is 0.175 e. The van der Waals surface area contributed by atoms with Crippen molar-refractivity contribution in [1.82, 2.24) is 4.90 Å². The average molecular weight is 412 g/mol. The van der Waals surface area contributed by atoms with Crippen LogP contribution in [0.5, 0.6) is 0 Å². The Morgan fingerprint density at radius 3 is 2.24 bits per heavy atom. The van der Waals surface area contributed by atoms with Crippen molar-refractivity contribution in [3.05, 3.63) is 65.2 Å². The van der Waals surface area contributed by atoms with Crippen molar-refractivity contribution in [3.8, 4) is 0 Å². The number of Topliss-reactive ketones (excluding diaryl/α,β-unsaturated/α-hetero) is 1. The summed E-state index contributed by atoms with van der Waals surface area (Å²) in [7, 11) is 0.704. The first-order valence-corrected chi connectivity index (χ1v) is 11.8.